The third-order valence-electron chi connectivity index (χ3n) is 1.04. The number of nitrogens with two attached hydrogens (primary N) is 1. The van der Waals surface area contributed by atoms with Gasteiger partial charge in [-0.1, -0.05) is 0 Å². The van der Waals surface area contributed by atoms with Gasteiger partial charge in [-0.25, -0.2) is 0 Å². The molecular formula is C6H9NS2. The molecule has 0 saturated carbocycles. The second kappa shape index (κ2) is 3.25. The summed E-state index contributed by atoms with van der Waals surface area (Å²) in [6.45, 7) is 0.672. The van der Waals surface area contributed by atoms with Gasteiger partial charge in [0, 0.05) is 11.4 Å². The fraction of sp³-hybridized carbons (Fsp3) is 0.333. The molecule has 0 aliphatic carbocycles. The summed E-state index contributed by atoms with van der Waals surface area (Å²) in [7, 11) is 0. The van der Waals surface area contributed by atoms with Gasteiger partial charge in [0.25, 0.3) is 0 Å². The molecule has 0 spiro atoms. The second-order valence-electron chi connectivity index (χ2n) is 1.63. The van der Waals surface area contributed by atoms with Crippen LogP contribution in [0.15, 0.2) is 16.3 Å². The maximum atomic E-state index is 5.42. The van der Waals surface area contributed by atoms with Crippen LogP contribution in [0.5, 0.6) is 0 Å². The molecule has 0 saturated heterocycles. The normalized spacial score (nSPS) is 10.0. The molecule has 1 nitrogen and oxygen atoms in total. The zero-order valence-corrected chi connectivity index (χ0v) is 6.89. The van der Waals surface area contributed by atoms with Gasteiger partial charge < -0.3 is 5.73 Å². The molecule has 0 bridgehead atoms. The number of thioether (sulfide) groups is 1. The van der Waals surface area contributed by atoms with Crippen LogP contribution in [0.3, 0.4) is 0 Å². The van der Waals surface area contributed by atoms with Crippen molar-refractivity contribution in [3.8, 4) is 0 Å². The van der Waals surface area contributed by atoms with Crippen LogP contribution in [-0.4, -0.2) is 6.26 Å². The molecule has 0 amide bonds. The van der Waals surface area contributed by atoms with E-state index in [1.165, 1.54) is 9.09 Å². The zero-order valence-electron chi connectivity index (χ0n) is 5.26. The van der Waals surface area contributed by atoms with E-state index >= 15 is 0 Å². The molecular weight excluding hydrogens is 150 g/mol. The van der Waals surface area contributed by atoms with Crippen molar-refractivity contribution < 1.29 is 0 Å². The Hall–Kier alpha value is 0.01000. The molecule has 9 heavy (non-hydrogen) atoms. The first-order valence-corrected chi connectivity index (χ1v) is 4.73. The number of rotatable bonds is 2. The van der Waals surface area contributed by atoms with Crippen LogP contribution in [0.25, 0.3) is 0 Å². The predicted octanol–water partition coefficient (Wildman–Crippen LogP) is 1.93. The van der Waals surface area contributed by atoms with Crippen molar-refractivity contribution in [3.63, 3.8) is 0 Å². The van der Waals surface area contributed by atoms with E-state index in [1.807, 2.05) is 0 Å². The molecule has 50 valence electrons. The molecule has 1 heterocycles. The largest absolute Gasteiger partial charge is 0.326 e. The second-order valence-corrected chi connectivity index (χ2v) is 3.90. The van der Waals surface area contributed by atoms with Crippen LogP contribution in [0.2, 0.25) is 0 Å². The van der Waals surface area contributed by atoms with E-state index < -0.39 is 0 Å². The van der Waals surface area contributed by atoms with Crippen molar-refractivity contribution in [1.82, 2.24) is 0 Å². The van der Waals surface area contributed by atoms with Gasteiger partial charge in [-0.05, 0) is 18.4 Å². The Labute approximate surface area is 63.3 Å². The number of thiophene rings is 1. The lowest BCUT2D eigenvalue weighted by atomic mass is 10.5. The Kier molecular flexibility index (Phi) is 2.57. The minimum Gasteiger partial charge on any atom is -0.326 e. The van der Waals surface area contributed by atoms with E-state index in [9.17, 15) is 0 Å². The van der Waals surface area contributed by atoms with Crippen LogP contribution in [0.4, 0.5) is 0 Å². The average Bonchev–Trinajstić information content (AvgIpc) is 2.34. The van der Waals surface area contributed by atoms with Gasteiger partial charge in [0.1, 0.15) is 0 Å². The zero-order chi connectivity index (χ0) is 6.69. The summed E-state index contributed by atoms with van der Waals surface area (Å²) >= 11 is 3.54. The summed E-state index contributed by atoms with van der Waals surface area (Å²) in [5.74, 6) is 0. The van der Waals surface area contributed by atoms with Gasteiger partial charge in [0.2, 0.25) is 0 Å². The van der Waals surface area contributed by atoms with Crippen molar-refractivity contribution in [2.24, 2.45) is 5.73 Å². The first-order chi connectivity index (χ1) is 4.36. The molecule has 0 unspecified atom stereocenters. The summed E-state index contributed by atoms with van der Waals surface area (Å²) in [6.07, 6.45) is 2.08. The Morgan fingerprint density at radius 2 is 2.44 bits per heavy atom. The molecule has 0 fully saturated rings. The summed E-state index contributed by atoms with van der Waals surface area (Å²) in [4.78, 5) is 1.26. The van der Waals surface area contributed by atoms with E-state index in [1.54, 1.807) is 23.1 Å². The topological polar surface area (TPSA) is 26.0 Å². The van der Waals surface area contributed by atoms with Crippen LogP contribution in [0.1, 0.15) is 4.88 Å². The summed E-state index contributed by atoms with van der Waals surface area (Å²) in [5, 5.41) is 0. The molecule has 0 radical (unpaired) electrons. The van der Waals surface area contributed by atoms with Gasteiger partial charge in [-0.15, -0.1) is 23.1 Å². The van der Waals surface area contributed by atoms with Gasteiger partial charge in [-0.3, -0.25) is 0 Å². The van der Waals surface area contributed by atoms with Crippen LogP contribution in [-0.2, 0) is 6.54 Å². The van der Waals surface area contributed by atoms with E-state index in [0.717, 1.165) is 0 Å². The van der Waals surface area contributed by atoms with E-state index in [4.69, 9.17) is 5.73 Å². The highest BCUT2D eigenvalue weighted by Gasteiger charge is 1.94. The van der Waals surface area contributed by atoms with Crippen molar-refractivity contribution in [2.45, 2.75) is 10.8 Å². The predicted molar refractivity (Wildman–Crippen MR) is 44.0 cm³/mol. The van der Waals surface area contributed by atoms with Gasteiger partial charge >= 0.3 is 0 Å². The highest BCUT2D eigenvalue weighted by molar-refractivity contribution is 8.00. The Balaban J connectivity index is 2.74. The van der Waals surface area contributed by atoms with Crippen LogP contribution < -0.4 is 5.73 Å². The van der Waals surface area contributed by atoms with Gasteiger partial charge in [-0.2, -0.15) is 0 Å². The Morgan fingerprint density at radius 3 is 2.78 bits per heavy atom. The number of hydrogen-bond acceptors (Lipinski definition) is 3. The molecule has 0 atom stereocenters. The van der Waals surface area contributed by atoms with Crippen molar-refractivity contribution in [1.29, 1.82) is 0 Å². The minimum absolute atomic E-state index is 0.672. The average molecular weight is 159 g/mol. The molecule has 0 aromatic carbocycles. The smallest absolute Gasteiger partial charge is 0.0599 e. The van der Waals surface area contributed by atoms with Gasteiger partial charge in [0.15, 0.2) is 0 Å². The molecule has 1 rings (SSSR count). The molecule has 1 aromatic rings. The fourth-order valence-electron chi connectivity index (χ4n) is 0.578. The van der Waals surface area contributed by atoms with Crippen molar-refractivity contribution in [3.05, 3.63) is 17.0 Å². The minimum atomic E-state index is 0.672. The number of hydrogen-bond donors (Lipinski definition) is 1. The first kappa shape index (κ1) is 7.12. The summed E-state index contributed by atoms with van der Waals surface area (Å²) < 4.78 is 1.34. The third-order valence-corrected chi connectivity index (χ3v) is 3.23. The van der Waals surface area contributed by atoms with Crippen LogP contribution in [0, 0.1) is 0 Å². The van der Waals surface area contributed by atoms with E-state index in [0.29, 0.717) is 6.54 Å². The van der Waals surface area contributed by atoms with Crippen molar-refractivity contribution >= 4 is 23.1 Å². The van der Waals surface area contributed by atoms with Gasteiger partial charge in [0.05, 0.1) is 4.21 Å². The molecule has 3 heteroatoms. The summed E-state index contributed by atoms with van der Waals surface area (Å²) in [5.41, 5.74) is 5.42. The van der Waals surface area contributed by atoms with Crippen molar-refractivity contribution in [2.75, 3.05) is 6.26 Å². The standard InChI is InChI=1S/C6H9NS2/c1-8-6-3-2-5(4-7)9-6/h2-3H,4,7H2,1H3. The third kappa shape index (κ3) is 1.71. The lowest BCUT2D eigenvalue weighted by Crippen LogP contribution is -1.90. The highest BCUT2D eigenvalue weighted by Crippen LogP contribution is 2.24. The Bertz CT molecular complexity index is 164. The maximum Gasteiger partial charge on any atom is 0.0599 e. The highest BCUT2D eigenvalue weighted by atomic mass is 32.2. The monoisotopic (exact) mass is 159 g/mol. The first-order valence-electron chi connectivity index (χ1n) is 2.69. The molecule has 2 N–H and O–H groups in total. The lowest BCUT2D eigenvalue weighted by Gasteiger charge is -1.84. The van der Waals surface area contributed by atoms with Crippen LogP contribution >= 0.6 is 23.1 Å². The van der Waals surface area contributed by atoms with E-state index in [2.05, 4.69) is 18.4 Å². The molecule has 0 aliphatic heterocycles. The lowest BCUT2D eigenvalue weighted by molar-refractivity contribution is 1.11. The SMILES string of the molecule is CSc1ccc(CN)s1. The summed E-state index contributed by atoms with van der Waals surface area (Å²) in [6, 6.07) is 4.19. The molecule has 0 aliphatic rings. The quantitative estimate of drug-likeness (QED) is 0.667. The maximum absolute atomic E-state index is 5.42. The Morgan fingerprint density at radius 1 is 1.67 bits per heavy atom. The van der Waals surface area contributed by atoms with E-state index in [-0.39, 0.29) is 0 Å². The fourth-order valence-corrected chi connectivity index (χ4v) is 2.05. The molecule has 1 aromatic heterocycles.